The summed E-state index contributed by atoms with van der Waals surface area (Å²) in [5, 5.41) is 9.86. The number of halogens is 1. The zero-order valence-corrected chi connectivity index (χ0v) is 10.1. The molecule has 1 rings (SSSR count). The molecule has 0 radical (unpaired) electrons. The highest BCUT2D eigenvalue weighted by Gasteiger charge is 2.14. The summed E-state index contributed by atoms with van der Waals surface area (Å²) in [6.45, 7) is 4.11. The zero-order chi connectivity index (χ0) is 11.4. The van der Waals surface area contributed by atoms with Gasteiger partial charge in [-0.05, 0) is 24.1 Å². The zero-order valence-electron chi connectivity index (χ0n) is 9.38. The maximum absolute atomic E-state index is 9.16. The molecule has 3 heteroatoms. The summed E-state index contributed by atoms with van der Waals surface area (Å²) in [5.74, 6) is 0.896. The van der Waals surface area contributed by atoms with Crippen molar-refractivity contribution in [3.05, 3.63) is 28.3 Å². The summed E-state index contributed by atoms with van der Waals surface area (Å²) < 4.78 is 5.38. The van der Waals surface area contributed by atoms with Gasteiger partial charge in [0.2, 0.25) is 0 Å². The number of rotatable bonds is 4. The van der Waals surface area contributed by atoms with Gasteiger partial charge in [-0.25, -0.2) is 0 Å². The molecule has 15 heavy (non-hydrogen) atoms. The van der Waals surface area contributed by atoms with Crippen LogP contribution in [0, 0.1) is 0 Å². The Morgan fingerprint density at radius 2 is 2.13 bits per heavy atom. The molecule has 0 spiro atoms. The molecule has 0 bridgehead atoms. The lowest BCUT2D eigenvalue weighted by Gasteiger charge is -2.17. The SMILES string of the molecule is CCc1cc(Cl)cc(C(C)CO)c1OC. The molecule has 1 unspecified atom stereocenters. The van der Waals surface area contributed by atoms with Crippen LogP contribution in [0.5, 0.6) is 5.75 Å². The van der Waals surface area contributed by atoms with Crippen LogP contribution in [0.3, 0.4) is 0 Å². The molecule has 1 aromatic rings. The summed E-state index contributed by atoms with van der Waals surface area (Å²) >= 11 is 6.02. The number of methoxy groups -OCH3 is 1. The van der Waals surface area contributed by atoms with Crippen LogP contribution in [0.4, 0.5) is 0 Å². The van der Waals surface area contributed by atoms with Gasteiger partial charge in [0.25, 0.3) is 0 Å². The molecule has 0 aromatic heterocycles. The van der Waals surface area contributed by atoms with Crippen molar-refractivity contribution in [2.45, 2.75) is 26.2 Å². The monoisotopic (exact) mass is 228 g/mol. The van der Waals surface area contributed by atoms with Gasteiger partial charge >= 0.3 is 0 Å². The summed E-state index contributed by atoms with van der Waals surface area (Å²) in [4.78, 5) is 0. The van der Waals surface area contributed by atoms with Crippen LogP contribution >= 0.6 is 11.6 Å². The van der Waals surface area contributed by atoms with E-state index < -0.39 is 0 Å². The Morgan fingerprint density at radius 3 is 2.60 bits per heavy atom. The summed E-state index contributed by atoms with van der Waals surface area (Å²) in [7, 11) is 1.65. The average Bonchev–Trinajstić information content (AvgIpc) is 2.26. The highest BCUT2D eigenvalue weighted by molar-refractivity contribution is 6.30. The van der Waals surface area contributed by atoms with Crippen LogP contribution in [-0.2, 0) is 6.42 Å². The Kier molecular flexibility index (Phi) is 4.43. The Bertz CT molecular complexity index is 337. The Hall–Kier alpha value is -0.730. The number of hydrogen-bond donors (Lipinski definition) is 1. The van der Waals surface area contributed by atoms with Crippen molar-refractivity contribution < 1.29 is 9.84 Å². The topological polar surface area (TPSA) is 29.5 Å². The number of benzene rings is 1. The summed E-state index contributed by atoms with van der Waals surface area (Å²) in [6, 6.07) is 3.77. The molecule has 1 aromatic carbocycles. The first-order valence-electron chi connectivity index (χ1n) is 5.11. The molecule has 0 amide bonds. The van der Waals surface area contributed by atoms with E-state index in [0.29, 0.717) is 5.02 Å². The normalized spacial score (nSPS) is 12.6. The Morgan fingerprint density at radius 1 is 1.47 bits per heavy atom. The third-order valence-electron chi connectivity index (χ3n) is 2.55. The van der Waals surface area contributed by atoms with E-state index in [-0.39, 0.29) is 12.5 Å². The molecule has 0 fully saturated rings. The molecule has 0 aliphatic heterocycles. The molecule has 0 heterocycles. The maximum atomic E-state index is 9.16. The molecule has 1 atom stereocenters. The molecular formula is C12H17ClO2. The number of hydrogen-bond acceptors (Lipinski definition) is 2. The number of aliphatic hydroxyl groups excluding tert-OH is 1. The smallest absolute Gasteiger partial charge is 0.125 e. The van der Waals surface area contributed by atoms with Crippen molar-refractivity contribution in [1.82, 2.24) is 0 Å². The van der Waals surface area contributed by atoms with Crippen molar-refractivity contribution >= 4 is 11.6 Å². The summed E-state index contributed by atoms with van der Waals surface area (Å²) in [5.41, 5.74) is 2.06. The van der Waals surface area contributed by atoms with Crippen molar-refractivity contribution in [3.63, 3.8) is 0 Å². The van der Waals surface area contributed by atoms with E-state index in [0.717, 1.165) is 23.3 Å². The van der Waals surface area contributed by atoms with E-state index in [2.05, 4.69) is 6.92 Å². The van der Waals surface area contributed by atoms with Crippen LogP contribution in [0.25, 0.3) is 0 Å². The van der Waals surface area contributed by atoms with Gasteiger partial charge in [0.15, 0.2) is 0 Å². The quantitative estimate of drug-likeness (QED) is 0.859. The largest absolute Gasteiger partial charge is 0.496 e. The predicted molar refractivity (Wildman–Crippen MR) is 62.9 cm³/mol. The van der Waals surface area contributed by atoms with Crippen LogP contribution in [0.2, 0.25) is 5.02 Å². The first-order chi connectivity index (χ1) is 7.13. The van der Waals surface area contributed by atoms with Crippen LogP contribution in [0.1, 0.15) is 30.9 Å². The second-order valence-electron chi connectivity index (χ2n) is 3.62. The lowest BCUT2D eigenvalue weighted by atomic mass is 9.97. The van der Waals surface area contributed by atoms with E-state index in [1.165, 1.54) is 0 Å². The first-order valence-corrected chi connectivity index (χ1v) is 5.49. The highest BCUT2D eigenvalue weighted by atomic mass is 35.5. The van der Waals surface area contributed by atoms with E-state index in [1.54, 1.807) is 7.11 Å². The van der Waals surface area contributed by atoms with E-state index in [9.17, 15) is 0 Å². The van der Waals surface area contributed by atoms with Gasteiger partial charge in [-0.1, -0.05) is 25.4 Å². The van der Waals surface area contributed by atoms with Gasteiger partial charge in [-0.2, -0.15) is 0 Å². The second kappa shape index (κ2) is 5.38. The van der Waals surface area contributed by atoms with E-state index in [1.807, 2.05) is 19.1 Å². The average molecular weight is 229 g/mol. The van der Waals surface area contributed by atoms with E-state index >= 15 is 0 Å². The van der Waals surface area contributed by atoms with Crippen LogP contribution in [-0.4, -0.2) is 18.8 Å². The van der Waals surface area contributed by atoms with E-state index in [4.69, 9.17) is 21.4 Å². The van der Waals surface area contributed by atoms with Crippen molar-refractivity contribution in [2.24, 2.45) is 0 Å². The predicted octanol–water partition coefficient (Wildman–Crippen LogP) is 3.01. The third kappa shape index (κ3) is 2.64. The first kappa shape index (κ1) is 12.3. The van der Waals surface area contributed by atoms with Crippen molar-refractivity contribution in [3.8, 4) is 5.75 Å². The number of aryl methyl sites for hydroxylation is 1. The fourth-order valence-corrected chi connectivity index (χ4v) is 1.90. The molecule has 1 N–H and O–H groups in total. The fourth-order valence-electron chi connectivity index (χ4n) is 1.65. The molecule has 0 aliphatic rings. The van der Waals surface area contributed by atoms with Crippen LogP contribution in [0.15, 0.2) is 12.1 Å². The van der Waals surface area contributed by atoms with Gasteiger partial charge in [-0.3, -0.25) is 0 Å². The van der Waals surface area contributed by atoms with Gasteiger partial charge in [0.05, 0.1) is 7.11 Å². The molecule has 84 valence electrons. The minimum atomic E-state index is 0.0453. The van der Waals surface area contributed by atoms with Crippen LogP contribution < -0.4 is 4.74 Å². The number of ether oxygens (including phenoxy) is 1. The van der Waals surface area contributed by atoms with Gasteiger partial charge in [-0.15, -0.1) is 0 Å². The lowest BCUT2D eigenvalue weighted by molar-refractivity contribution is 0.269. The molecular weight excluding hydrogens is 212 g/mol. The third-order valence-corrected chi connectivity index (χ3v) is 2.77. The molecule has 0 saturated carbocycles. The number of aliphatic hydroxyl groups is 1. The van der Waals surface area contributed by atoms with Gasteiger partial charge < -0.3 is 9.84 Å². The fraction of sp³-hybridized carbons (Fsp3) is 0.500. The minimum Gasteiger partial charge on any atom is -0.496 e. The summed E-state index contributed by atoms with van der Waals surface area (Å²) in [6.07, 6.45) is 0.870. The second-order valence-corrected chi connectivity index (χ2v) is 4.06. The highest BCUT2D eigenvalue weighted by Crippen LogP contribution is 2.33. The molecule has 0 saturated heterocycles. The standard InChI is InChI=1S/C12H17ClO2/c1-4-9-5-10(13)6-11(8(2)7-14)12(9)15-3/h5-6,8,14H,4,7H2,1-3H3. The van der Waals surface area contributed by atoms with Crippen molar-refractivity contribution in [1.29, 1.82) is 0 Å². The minimum absolute atomic E-state index is 0.0453. The van der Waals surface area contributed by atoms with Crippen molar-refractivity contribution in [2.75, 3.05) is 13.7 Å². The Balaban J connectivity index is 3.28. The maximum Gasteiger partial charge on any atom is 0.125 e. The molecule has 0 aliphatic carbocycles. The van der Waals surface area contributed by atoms with Gasteiger partial charge in [0.1, 0.15) is 5.75 Å². The Labute approximate surface area is 95.8 Å². The van der Waals surface area contributed by atoms with Gasteiger partial charge in [0, 0.05) is 23.1 Å². The lowest BCUT2D eigenvalue weighted by Crippen LogP contribution is -2.04. The molecule has 2 nitrogen and oxygen atoms in total.